The normalized spacial score (nSPS) is 12.0. The van der Waals surface area contributed by atoms with Crippen molar-refractivity contribution in [1.82, 2.24) is 4.72 Å². The predicted octanol–water partition coefficient (Wildman–Crippen LogP) is 0.687. The Morgan fingerprint density at radius 1 is 1.19 bits per heavy atom. The first-order valence-corrected chi connectivity index (χ1v) is 8.27. The zero-order valence-corrected chi connectivity index (χ0v) is 13.6. The molecule has 0 saturated heterocycles. The average molecular weight is 320 g/mol. The summed E-state index contributed by atoms with van der Waals surface area (Å²) in [5.74, 6) is 0.898. The van der Waals surface area contributed by atoms with Gasteiger partial charge in [0.25, 0.3) is 0 Å². The molecule has 3 N–H and O–H groups in total. The number of sulfonamides is 1. The lowest BCUT2D eigenvalue weighted by atomic mass is 10.2. The molecule has 1 aromatic rings. The van der Waals surface area contributed by atoms with E-state index in [2.05, 4.69) is 4.72 Å². The van der Waals surface area contributed by atoms with Crippen LogP contribution in [0.15, 0.2) is 9.31 Å². The highest BCUT2D eigenvalue weighted by atomic mass is 32.2. The highest BCUT2D eigenvalue weighted by molar-refractivity contribution is 7.89. The Morgan fingerprint density at radius 3 is 2.52 bits per heavy atom. The molecule has 0 aliphatic carbocycles. The maximum absolute atomic E-state index is 12.3. The summed E-state index contributed by atoms with van der Waals surface area (Å²) in [4.78, 5) is 0.155. The van der Waals surface area contributed by atoms with Crippen LogP contribution in [0.1, 0.15) is 23.5 Å². The maximum atomic E-state index is 12.3. The van der Waals surface area contributed by atoms with Crippen molar-refractivity contribution in [3.63, 3.8) is 0 Å². The van der Waals surface area contributed by atoms with Crippen LogP contribution in [-0.2, 0) is 26.0 Å². The van der Waals surface area contributed by atoms with E-state index in [-0.39, 0.29) is 11.4 Å². The van der Waals surface area contributed by atoms with E-state index in [9.17, 15) is 8.42 Å². The SMILES string of the molecule is COCCOCCCNS(=O)(=O)c1c(C)oc(C)c1CN. The van der Waals surface area contributed by atoms with Gasteiger partial charge in [0.05, 0.1) is 13.2 Å². The Kier molecular flexibility index (Phi) is 7.33. The number of nitrogens with one attached hydrogen (secondary N) is 1. The van der Waals surface area contributed by atoms with Gasteiger partial charge in [-0.3, -0.25) is 0 Å². The van der Waals surface area contributed by atoms with Gasteiger partial charge in [0.2, 0.25) is 10.0 Å². The Balaban J connectivity index is 2.55. The van der Waals surface area contributed by atoms with Crippen molar-refractivity contribution in [2.75, 3.05) is 33.5 Å². The summed E-state index contributed by atoms with van der Waals surface area (Å²) < 4.78 is 42.6. The van der Waals surface area contributed by atoms with Gasteiger partial charge >= 0.3 is 0 Å². The van der Waals surface area contributed by atoms with Crippen LogP contribution in [-0.4, -0.2) is 41.9 Å². The predicted molar refractivity (Wildman–Crippen MR) is 78.6 cm³/mol. The van der Waals surface area contributed by atoms with E-state index in [0.717, 1.165) is 0 Å². The molecular weight excluding hydrogens is 296 g/mol. The summed E-state index contributed by atoms with van der Waals surface area (Å²) in [6.45, 7) is 5.24. The summed E-state index contributed by atoms with van der Waals surface area (Å²) in [7, 11) is -2.02. The Hall–Kier alpha value is -0.930. The third-order valence-corrected chi connectivity index (χ3v) is 4.64. The van der Waals surface area contributed by atoms with Gasteiger partial charge in [-0.05, 0) is 20.3 Å². The van der Waals surface area contributed by atoms with Gasteiger partial charge in [-0.1, -0.05) is 0 Å². The largest absolute Gasteiger partial charge is 0.465 e. The van der Waals surface area contributed by atoms with Crippen LogP contribution in [0.4, 0.5) is 0 Å². The van der Waals surface area contributed by atoms with E-state index in [1.165, 1.54) is 0 Å². The summed E-state index contributed by atoms with van der Waals surface area (Å²) in [6.07, 6.45) is 0.580. The molecule has 8 heteroatoms. The number of ether oxygens (including phenoxy) is 2. The van der Waals surface area contributed by atoms with Gasteiger partial charge in [-0.15, -0.1) is 0 Å². The lowest BCUT2D eigenvalue weighted by molar-refractivity contribution is 0.0699. The van der Waals surface area contributed by atoms with Crippen LogP contribution in [0, 0.1) is 13.8 Å². The van der Waals surface area contributed by atoms with Crippen molar-refractivity contribution in [3.8, 4) is 0 Å². The summed E-state index contributed by atoms with van der Waals surface area (Å²) in [5.41, 5.74) is 6.12. The minimum Gasteiger partial charge on any atom is -0.465 e. The van der Waals surface area contributed by atoms with E-state index in [0.29, 0.717) is 49.9 Å². The highest BCUT2D eigenvalue weighted by Gasteiger charge is 2.25. The first-order valence-electron chi connectivity index (χ1n) is 6.79. The Bertz CT molecular complexity index is 539. The molecule has 0 aromatic carbocycles. The fourth-order valence-corrected chi connectivity index (χ4v) is 3.52. The summed E-state index contributed by atoms with van der Waals surface area (Å²) in [5, 5.41) is 0. The molecule has 0 aliphatic heterocycles. The summed E-state index contributed by atoms with van der Waals surface area (Å²) in [6, 6.07) is 0. The minimum absolute atomic E-state index is 0.125. The number of aryl methyl sites for hydroxylation is 2. The average Bonchev–Trinajstić information content (AvgIpc) is 2.72. The monoisotopic (exact) mass is 320 g/mol. The molecule has 0 bridgehead atoms. The van der Waals surface area contributed by atoms with E-state index in [1.54, 1.807) is 21.0 Å². The number of hydrogen-bond donors (Lipinski definition) is 2. The zero-order valence-electron chi connectivity index (χ0n) is 12.8. The lowest BCUT2D eigenvalue weighted by Crippen LogP contribution is -2.27. The van der Waals surface area contributed by atoms with Crippen LogP contribution >= 0.6 is 0 Å². The molecule has 0 aliphatic rings. The molecule has 0 fully saturated rings. The molecule has 0 amide bonds. The quantitative estimate of drug-likeness (QED) is 0.615. The highest BCUT2D eigenvalue weighted by Crippen LogP contribution is 2.25. The fraction of sp³-hybridized carbons (Fsp3) is 0.692. The molecule has 0 radical (unpaired) electrons. The van der Waals surface area contributed by atoms with Gasteiger partial charge in [0, 0.05) is 32.4 Å². The van der Waals surface area contributed by atoms with Crippen LogP contribution in [0.5, 0.6) is 0 Å². The second-order valence-corrected chi connectivity index (χ2v) is 6.29. The van der Waals surface area contributed by atoms with E-state index >= 15 is 0 Å². The third kappa shape index (κ3) is 5.08. The van der Waals surface area contributed by atoms with E-state index in [4.69, 9.17) is 19.6 Å². The molecule has 1 aromatic heterocycles. The lowest BCUT2D eigenvalue weighted by Gasteiger charge is -2.08. The maximum Gasteiger partial charge on any atom is 0.244 e. The van der Waals surface area contributed by atoms with Crippen molar-refractivity contribution in [2.45, 2.75) is 31.7 Å². The van der Waals surface area contributed by atoms with Crippen molar-refractivity contribution < 1.29 is 22.3 Å². The molecule has 1 rings (SSSR count). The topological polar surface area (TPSA) is 104 Å². The third-order valence-electron chi connectivity index (χ3n) is 2.99. The number of rotatable bonds is 10. The van der Waals surface area contributed by atoms with Gasteiger partial charge < -0.3 is 19.6 Å². The number of furan rings is 1. The number of methoxy groups -OCH3 is 1. The van der Waals surface area contributed by atoms with Crippen LogP contribution < -0.4 is 10.5 Å². The van der Waals surface area contributed by atoms with Crippen LogP contribution in [0.2, 0.25) is 0 Å². The second kappa shape index (κ2) is 8.50. The van der Waals surface area contributed by atoms with Gasteiger partial charge in [-0.25, -0.2) is 13.1 Å². The standard InChI is InChI=1S/C13H24N2O5S/c1-10-12(9-14)13(11(2)20-10)21(16,17)15-5-4-6-19-8-7-18-3/h15H,4-9,14H2,1-3H3. The molecular formula is C13H24N2O5S. The van der Waals surface area contributed by atoms with Crippen molar-refractivity contribution in [2.24, 2.45) is 5.73 Å². The number of hydrogen-bond acceptors (Lipinski definition) is 6. The Morgan fingerprint density at radius 2 is 1.90 bits per heavy atom. The van der Waals surface area contributed by atoms with Gasteiger partial charge in [-0.2, -0.15) is 0 Å². The molecule has 21 heavy (non-hydrogen) atoms. The molecule has 7 nitrogen and oxygen atoms in total. The molecule has 122 valence electrons. The molecule has 0 spiro atoms. The molecule has 1 heterocycles. The van der Waals surface area contributed by atoms with Gasteiger partial charge in [0.15, 0.2) is 0 Å². The fourth-order valence-electron chi connectivity index (χ4n) is 2.00. The van der Waals surface area contributed by atoms with Gasteiger partial charge in [0.1, 0.15) is 16.4 Å². The summed E-state index contributed by atoms with van der Waals surface area (Å²) >= 11 is 0. The molecule has 0 saturated carbocycles. The van der Waals surface area contributed by atoms with Crippen LogP contribution in [0.25, 0.3) is 0 Å². The van der Waals surface area contributed by atoms with Crippen LogP contribution in [0.3, 0.4) is 0 Å². The molecule has 0 atom stereocenters. The van der Waals surface area contributed by atoms with Crippen molar-refractivity contribution in [1.29, 1.82) is 0 Å². The van der Waals surface area contributed by atoms with E-state index < -0.39 is 10.0 Å². The Labute approximate surface area is 125 Å². The van der Waals surface area contributed by atoms with Crippen molar-refractivity contribution >= 4 is 10.0 Å². The smallest absolute Gasteiger partial charge is 0.244 e. The van der Waals surface area contributed by atoms with Crippen molar-refractivity contribution in [3.05, 3.63) is 17.1 Å². The van der Waals surface area contributed by atoms with E-state index in [1.807, 2.05) is 0 Å². The first-order chi connectivity index (χ1) is 9.94. The molecule has 0 unspecified atom stereocenters. The zero-order chi connectivity index (χ0) is 15.9. The number of nitrogens with two attached hydrogens (primary N) is 1. The minimum atomic E-state index is -3.61. The first kappa shape index (κ1) is 18.1. The second-order valence-electron chi connectivity index (χ2n) is 4.58.